The SMILES string of the molecule is COC(OC)C(C)(CN)N1CCCCCCC1. The van der Waals surface area contributed by atoms with E-state index >= 15 is 0 Å². The lowest BCUT2D eigenvalue weighted by Gasteiger charge is -2.45. The summed E-state index contributed by atoms with van der Waals surface area (Å²) in [5, 5.41) is 0. The molecule has 0 aromatic heterocycles. The fourth-order valence-corrected chi connectivity index (χ4v) is 2.74. The largest absolute Gasteiger partial charge is 0.354 e. The molecule has 17 heavy (non-hydrogen) atoms. The highest BCUT2D eigenvalue weighted by Gasteiger charge is 2.39. The Labute approximate surface area is 105 Å². The highest BCUT2D eigenvalue weighted by atomic mass is 16.7. The zero-order chi connectivity index (χ0) is 12.7. The van der Waals surface area contributed by atoms with Crippen LogP contribution < -0.4 is 5.73 Å². The summed E-state index contributed by atoms with van der Waals surface area (Å²) in [6.07, 6.45) is 6.24. The van der Waals surface area contributed by atoms with Gasteiger partial charge in [-0.1, -0.05) is 19.3 Å². The average Bonchev–Trinajstić information content (AvgIpc) is 2.29. The fourth-order valence-electron chi connectivity index (χ4n) is 2.74. The maximum atomic E-state index is 5.98. The molecule has 1 heterocycles. The summed E-state index contributed by atoms with van der Waals surface area (Å²) in [4.78, 5) is 2.45. The maximum Gasteiger partial charge on any atom is 0.176 e. The number of methoxy groups -OCH3 is 2. The fraction of sp³-hybridized carbons (Fsp3) is 1.00. The number of nitrogens with zero attached hydrogens (tertiary/aromatic N) is 1. The van der Waals surface area contributed by atoms with Crippen LogP contribution in [0.25, 0.3) is 0 Å². The molecule has 0 aromatic rings. The lowest BCUT2D eigenvalue weighted by atomic mass is 9.96. The van der Waals surface area contributed by atoms with Crippen LogP contribution in [-0.2, 0) is 9.47 Å². The Morgan fingerprint density at radius 3 is 1.94 bits per heavy atom. The molecule has 4 heteroatoms. The molecular weight excluding hydrogens is 216 g/mol. The molecule has 1 fully saturated rings. The first-order valence-corrected chi connectivity index (χ1v) is 6.69. The zero-order valence-corrected chi connectivity index (χ0v) is 11.6. The molecule has 0 spiro atoms. The molecule has 2 N–H and O–H groups in total. The van der Waals surface area contributed by atoms with E-state index in [1.807, 2.05) is 0 Å². The normalized spacial score (nSPS) is 23.1. The van der Waals surface area contributed by atoms with Crippen LogP contribution in [-0.4, -0.2) is 50.6 Å². The van der Waals surface area contributed by atoms with E-state index < -0.39 is 0 Å². The molecule has 1 aliphatic heterocycles. The minimum absolute atomic E-state index is 0.221. The highest BCUT2D eigenvalue weighted by Crippen LogP contribution is 2.24. The Morgan fingerprint density at radius 1 is 1.06 bits per heavy atom. The summed E-state index contributed by atoms with van der Waals surface area (Å²) >= 11 is 0. The Bertz CT molecular complexity index is 202. The Morgan fingerprint density at radius 2 is 1.53 bits per heavy atom. The van der Waals surface area contributed by atoms with E-state index in [1.54, 1.807) is 14.2 Å². The van der Waals surface area contributed by atoms with Crippen LogP contribution in [0.4, 0.5) is 0 Å². The molecule has 102 valence electrons. The van der Waals surface area contributed by atoms with Crippen molar-refractivity contribution in [2.45, 2.75) is 50.9 Å². The second-order valence-electron chi connectivity index (χ2n) is 5.12. The van der Waals surface area contributed by atoms with Gasteiger partial charge in [0.2, 0.25) is 0 Å². The van der Waals surface area contributed by atoms with Gasteiger partial charge in [-0.05, 0) is 32.9 Å². The number of nitrogens with two attached hydrogens (primary N) is 1. The molecule has 4 nitrogen and oxygen atoms in total. The van der Waals surface area contributed by atoms with Gasteiger partial charge in [-0.15, -0.1) is 0 Å². The van der Waals surface area contributed by atoms with Crippen LogP contribution in [0.3, 0.4) is 0 Å². The maximum absolute atomic E-state index is 5.98. The third-order valence-corrected chi connectivity index (χ3v) is 3.93. The monoisotopic (exact) mass is 244 g/mol. The molecule has 0 saturated carbocycles. The van der Waals surface area contributed by atoms with Gasteiger partial charge in [0, 0.05) is 20.8 Å². The van der Waals surface area contributed by atoms with Crippen molar-refractivity contribution in [1.29, 1.82) is 0 Å². The van der Waals surface area contributed by atoms with Crippen molar-refractivity contribution in [3.8, 4) is 0 Å². The van der Waals surface area contributed by atoms with Crippen molar-refractivity contribution in [2.24, 2.45) is 5.73 Å². The Hall–Kier alpha value is -0.160. The molecule has 0 aromatic carbocycles. The molecule has 0 radical (unpaired) electrons. The van der Waals surface area contributed by atoms with Crippen LogP contribution in [0.1, 0.15) is 39.0 Å². The van der Waals surface area contributed by atoms with E-state index in [2.05, 4.69) is 11.8 Å². The summed E-state index contributed by atoms with van der Waals surface area (Å²) < 4.78 is 10.9. The summed E-state index contributed by atoms with van der Waals surface area (Å²) in [5.74, 6) is 0. The van der Waals surface area contributed by atoms with Gasteiger partial charge >= 0.3 is 0 Å². The first-order valence-electron chi connectivity index (χ1n) is 6.69. The zero-order valence-electron chi connectivity index (χ0n) is 11.6. The van der Waals surface area contributed by atoms with Gasteiger partial charge in [0.25, 0.3) is 0 Å². The lowest BCUT2D eigenvalue weighted by Crippen LogP contribution is -2.61. The van der Waals surface area contributed by atoms with Crippen LogP contribution >= 0.6 is 0 Å². The van der Waals surface area contributed by atoms with Crippen molar-refractivity contribution in [3.05, 3.63) is 0 Å². The number of likely N-dealkylation sites (tertiary alicyclic amines) is 1. The molecule has 1 atom stereocenters. The van der Waals surface area contributed by atoms with Crippen LogP contribution in [0.15, 0.2) is 0 Å². The van der Waals surface area contributed by atoms with Crippen LogP contribution in [0.5, 0.6) is 0 Å². The third kappa shape index (κ3) is 3.65. The summed E-state index contributed by atoms with van der Waals surface area (Å²) in [6.45, 7) is 4.89. The second-order valence-corrected chi connectivity index (χ2v) is 5.12. The minimum atomic E-state index is -0.257. The smallest absolute Gasteiger partial charge is 0.176 e. The summed E-state index contributed by atoms with van der Waals surface area (Å²) in [6, 6.07) is 0. The third-order valence-electron chi connectivity index (χ3n) is 3.93. The van der Waals surface area contributed by atoms with Gasteiger partial charge in [0.1, 0.15) is 0 Å². The molecule has 1 unspecified atom stereocenters. The van der Waals surface area contributed by atoms with Crippen molar-refractivity contribution in [2.75, 3.05) is 33.9 Å². The Balaban J connectivity index is 2.73. The predicted molar refractivity (Wildman–Crippen MR) is 69.9 cm³/mol. The molecule has 1 aliphatic rings. The predicted octanol–water partition coefficient (Wildman–Crippen LogP) is 1.59. The van der Waals surface area contributed by atoms with Gasteiger partial charge in [-0.2, -0.15) is 0 Å². The van der Waals surface area contributed by atoms with Crippen molar-refractivity contribution < 1.29 is 9.47 Å². The first-order chi connectivity index (χ1) is 8.19. The van der Waals surface area contributed by atoms with E-state index in [-0.39, 0.29) is 11.8 Å². The van der Waals surface area contributed by atoms with Crippen molar-refractivity contribution >= 4 is 0 Å². The minimum Gasteiger partial charge on any atom is -0.354 e. The lowest BCUT2D eigenvalue weighted by molar-refractivity contribution is -0.182. The summed E-state index contributed by atoms with van der Waals surface area (Å²) in [5.41, 5.74) is 5.76. The van der Waals surface area contributed by atoms with Crippen LogP contribution in [0.2, 0.25) is 0 Å². The van der Waals surface area contributed by atoms with Crippen LogP contribution in [0, 0.1) is 0 Å². The van der Waals surface area contributed by atoms with E-state index in [9.17, 15) is 0 Å². The van der Waals surface area contributed by atoms with Gasteiger partial charge < -0.3 is 15.2 Å². The molecule has 0 bridgehead atoms. The number of hydrogen-bond acceptors (Lipinski definition) is 4. The Kier molecular flexibility index (Phi) is 6.41. The molecular formula is C13H28N2O2. The van der Waals surface area contributed by atoms with E-state index in [0.29, 0.717) is 6.54 Å². The average molecular weight is 244 g/mol. The van der Waals surface area contributed by atoms with Gasteiger partial charge in [-0.25, -0.2) is 0 Å². The standard InChI is InChI=1S/C13H28N2O2/c1-13(11-14,12(16-2)17-3)15-9-7-5-4-6-8-10-15/h12H,4-11,14H2,1-3H3. The quantitative estimate of drug-likeness (QED) is 0.746. The van der Waals surface area contributed by atoms with Crippen molar-refractivity contribution in [1.82, 2.24) is 4.90 Å². The van der Waals surface area contributed by atoms with Crippen molar-refractivity contribution in [3.63, 3.8) is 0 Å². The molecule has 1 saturated heterocycles. The topological polar surface area (TPSA) is 47.7 Å². The molecule has 0 amide bonds. The van der Waals surface area contributed by atoms with E-state index in [0.717, 1.165) is 13.1 Å². The van der Waals surface area contributed by atoms with E-state index in [1.165, 1.54) is 32.1 Å². The highest BCUT2D eigenvalue weighted by molar-refractivity contribution is 4.91. The van der Waals surface area contributed by atoms with Gasteiger partial charge in [0.15, 0.2) is 6.29 Å². The van der Waals surface area contributed by atoms with Gasteiger partial charge in [0.05, 0.1) is 5.54 Å². The van der Waals surface area contributed by atoms with E-state index in [4.69, 9.17) is 15.2 Å². The second kappa shape index (κ2) is 7.31. The molecule has 1 rings (SSSR count). The number of rotatable bonds is 5. The number of hydrogen-bond donors (Lipinski definition) is 1. The summed E-state index contributed by atoms with van der Waals surface area (Å²) in [7, 11) is 3.37. The first kappa shape index (κ1) is 14.9. The number of ether oxygens (including phenoxy) is 2. The van der Waals surface area contributed by atoms with Gasteiger partial charge in [-0.3, -0.25) is 4.90 Å². The molecule has 0 aliphatic carbocycles.